The van der Waals surface area contributed by atoms with Crippen LogP contribution in [0.4, 0.5) is 0 Å². The number of aliphatic hydroxyl groups excluding tert-OH is 1. The van der Waals surface area contributed by atoms with Gasteiger partial charge < -0.3 is 19.9 Å². The van der Waals surface area contributed by atoms with Gasteiger partial charge in [0.05, 0.1) is 20.3 Å². The van der Waals surface area contributed by atoms with Crippen LogP contribution in [0.1, 0.15) is 25.3 Å². The normalized spacial score (nSPS) is 10.1. The van der Waals surface area contributed by atoms with E-state index >= 15 is 0 Å². The van der Waals surface area contributed by atoms with E-state index in [4.69, 9.17) is 14.6 Å². The second-order valence-corrected chi connectivity index (χ2v) is 4.04. The van der Waals surface area contributed by atoms with Crippen LogP contribution in [0, 0.1) is 0 Å². The Morgan fingerprint density at radius 3 is 2.84 bits per heavy atom. The van der Waals surface area contributed by atoms with E-state index in [2.05, 4.69) is 5.32 Å². The summed E-state index contributed by atoms with van der Waals surface area (Å²) in [6.45, 7) is 2.95. The van der Waals surface area contributed by atoms with Crippen LogP contribution in [0.15, 0.2) is 18.2 Å². The summed E-state index contributed by atoms with van der Waals surface area (Å²) in [4.78, 5) is 11.2. The van der Waals surface area contributed by atoms with Crippen LogP contribution in [-0.4, -0.2) is 31.3 Å². The van der Waals surface area contributed by atoms with Crippen molar-refractivity contribution in [1.82, 2.24) is 5.32 Å². The maximum absolute atomic E-state index is 11.2. The predicted octanol–water partition coefficient (Wildman–Crippen LogP) is 1.48. The summed E-state index contributed by atoms with van der Waals surface area (Å²) in [5.74, 6) is 1.31. The zero-order valence-electron chi connectivity index (χ0n) is 11.4. The Morgan fingerprint density at radius 2 is 2.21 bits per heavy atom. The highest BCUT2D eigenvalue weighted by Crippen LogP contribution is 2.24. The van der Waals surface area contributed by atoms with Crippen molar-refractivity contribution < 1.29 is 19.4 Å². The molecule has 1 rings (SSSR count). The highest BCUT2D eigenvalue weighted by Gasteiger charge is 2.04. The molecule has 0 spiro atoms. The molecule has 0 saturated carbocycles. The number of carbonyl (C=O) groups excluding carboxylic acids is 1. The first-order chi connectivity index (χ1) is 9.21. The zero-order chi connectivity index (χ0) is 14.1. The van der Waals surface area contributed by atoms with Gasteiger partial charge in [0.15, 0.2) is 0 Å². The molecule has 1 aromatic carbocycles. The maximum Gasteiger partial charge on any atom is 0.220 e. The molecule has 0 aliphatic heterocycles. The fourth-order valence-corrected chi connectivity index (χ4v) is 1.65. The lowest BCUT2D eigenvalue weighted by Crippen LogP contribution is -2.22. The van der Waals surface area contributed by atoms with Gasteiger partial charge in [-0.3, -0.25) is 4.79 Å². The monoisotopic (exact) mass is 267 g/mol. The van der Waals surface area contributed by atoms with Gasteiger partial charge in [0.25, 0.3) is 0 Å². The van der Waals surface area contributed by atoms with Gasteiger partial charge in [-0.25, -0.2) is 0 Å². The molecule has 1 aromatic rings. The maximum atomic E-state index is 11.2. The SMILES string of the molecule is CCNC(=O)CCCOc1ccc(CO)c(OC)c1. The van der Waals surface area contributed by atoms with Crippen molar-refractivity contribution in [3.8, 4) is 11.5 Å². The van der Waals surface area contributed by atoms with Gasteiger partial charge in [-0.1, -0.05) is 0 Å². The topological polar surface area (TPSA) is 67.8 Å². The van der Waals surface area contributed by atoms with Crippen LogP contribution in [0.5, 0.6) is 11.5 Å². The van der Waals surface area contributed by atoms with Gasteiger partial charge in [0.1, 0.15) is 11.5 Å². The third kappa shape index (κ3) is 5.18. The second kappa shape index (κ2) is 8.37. The average Bonchev–Trinajstić information content (AvgIpc) is 2.43. The van der Waals surface area contributed by atoms with E-state index < -0.39 is 0 Å². The number of aliphatic hydroxyl groups is 1. The minimum Gasteiger partial charge on any atom is -0.496 e. The Balaban J connectivity index is 2.39. The van der Waals surface area contributed by atoms with Gasteiger partial charge in [0, 0.05) is 24.6 Å². The molecule has 0 heterocycles. The Morgan fingerprint density at radius 1 is 1.42 bits per heavy atom. The van der Waals surface area contributed by atoms with Crippen molar-refractivity contribution in [2.45, 2.75) is 26.4 Å². The third-order valence-electron chi connectivity index (χ3n) is 2.62. The van der Waals surface area contributed by atoms with Crippen molar-refractivity contribution in [2.24, 2.45) is 0 Å². The lowest BCUT2D eigenvalue weighted by molar-refractivity contribution is -0.121. The van der Waals surface area contributed by atoms with Gasteiger partial charge in [-0.05, 0) is 25.5 Å². The van der Waals surface area contributed by atoms with Crippen LogP contribution < -0.4 is 14.8 Å². The number of methoxy groups -OCH3 is 1. The summed E-state index contributed by atoms with van der Waals surface area (Å²) in [6.07, 6.45) is 1.12. The summed E-state index contributed by atoms with van der Waals surface area (Å²) >= 11 is 0. The van der Waals surface area contributed by atoms with Gasteiger partial charge in [-0.2, -0.15) is 0 Å². The Bertz CT molecular complexity index is 406. The molecular formula is C14H21NO4. The van der Waals surface area contributed by atoms with E-state index in [1.165, 1.54) is 0 Å². The quantitative estimate of drug-likeness (QED) is 0.700. The lowest BCUT2D eigenvalue weighted by Gasteiger charge is -2.10. The number of amides is 1. The molecule has 0 saturated heterocycles. The average molecular weight is 267 g/mol. The molecule has 5 heteroatoms. The fourth-order valence-electron chi connectivity index (χ4n) is 1.65. The Hall–Kier alpha value is -1.75. The highest BCUT2D eigenvalue weighted by molar-refractivity contribution is 5.75. The predicted molar refractivity (Wildman–Crippen MR) is 72.3 cm³/mol. The highest BCUT2D eigenvalue weighted by atomic mass is 16.5. The molecular weight excluding hydrogens is 246 g/mol. The van der Waals surface area contributed by atoms with E-state index in [9.17, 15) is 4.79 Å². The molecule has 106 valence electrons. The molecule has 0 atom stereocenters. The van der Waals surface area contributed by atoms with E-state index in [-0.39, 0.29) is 12.5 Å². The number of rotatable bonds is 8. The van der Waals surface area contributed by atoms with Crippen molar-refractivity contribution in [3.63, 3.8) is 0 Å². The lowest BCUT2D eigenvalue weighted by atomic mass is 10.2. The summed E-state index contributed by atoms with van der Waals surface area (Å²) in [5.41, 5.74) is 0.720. The fraction of sp³-hybridized carbons (Fsp3) is 0.500. The van der Waals surface area contributed by atoms with Crippen molar-refractivity contribution in [3.05, 3.63) is 23.8 Å². The summed E-state index contributed by atoms with van der Waals surface area (Å²) in [6, 6.07) is 5.27. The van der Waals surface area contributed by atoms with Crippen molar-refractivity contribution >= 4 is 5.91 Å². The van der Waals surface area contributed by atoms with E-state index in [0.717, 1.165) is 5.56 Å². The first-order valence-electron chi connectivity index (χ1n) is 6.38. The second-order valence-electron chi connectivity index (χ2n) is 4.04. The van der Waals surface area contributed by atoms with E-state index in [0.29, 0.717) is 37.5 Å². The standard InChI is InChI=1S/C14H21NO4/c1-3-15-14(17)5-4-8-19-12-7-6-11(10-16)13(9-12)18-2/h6-7,9,16H,3-5,8,10H2,1-2H3,(H,15,17). The number of ether oxygens (including phenoxy) is 2. The molecule has 0 unspecified atom stereocenters. The number of carbonyl (C=O) groups is 1. The smallest absolute Gasteiger partial charge is 0.220 e. The van der Waals surface area contributed by atoms with Crippen LogP contribution in [0.2, 0.25) is 0 Å². The largest absolute Gasteiger partial charge is 0.496 e. The third-order valence-corrected chi connectivity index (χ3v) is 2.62. The minimum absolute atomic E-state index is 0.0410. The van der Waals surface area contributed by atoms with Crippen molar-refractivity contribution in [1.29, 1.82) is 0 Å². The van der Waals surface area contributed by atoms with Crippen molar-refractivity contribution in [2.75, 3.05) is 20.3 Å². The van der Waals surface area contributed by atoms with Gasteiger partial charge in [-0.15, -0.1) is 0 Å². The van der Waals surface area contributed by atoms with Crippen LogP contribution in [0.25, 0.3) is 0 Å². The summed E-state index contributed by atoms with van der Waals surface area (Å²) in [5, 5.41) is 11.8. The molecule has 0 bridgehead atoms. The molecule has 0 aliphatic rings. The Labute approximate surface area is 113 Å². The van der Waals surface area contributed by atoms with Crippen LogP contribution >= 0.6 is 0 Å². The number of hydrogen-bond acceptors (Lipinski definition) is 4. The number of benzene rings is 1. The molecule has 1 amide bonds. The van der Waals surface area contributed by atoms with Gasteiger partial charge >= 0.3 is 0 Å². The van der Waals surface area contributed by atoms with Crippen LogP contribution in [-0.2, 0) is 11.4 Å². The number of nitrogens with one attached hydrogen (secondary N) is 1. The molecule has 2 N–H and O–H groups in total. The molecule has 0 aliphatic carbocycles. The Kier molecular flexibility index (Phi) is 6.74. The molecule has 0 radical (unpaired) electrons. The first-order valence-corrected chi connectivity index (χ1v) is 6.38. The first kappa shape index (κ1) is 15.3. The molecule has 19 heavy (non-hydrogen) atoms. The molecule has 5 nitrogen and oxygen atoms in total. The minimum atomic E-state index is -0.0688. The number of hydrogen-bond donors (Lipinski definition) is 2. The molecule has 0 fully saturated rings. The van der Waals surface area contributed by atoms with Gasteiger partial charge in [0.2, 0.25) is 5.91 Å². The van der Waals surface area contributed by atoms with E-state index in [1.54, 1.807) is 25.3 Å². The van der Waals surface area contributed by atoms with E-state index in [1.807, 2.05) is 6.92 Å². The zero-order valence-corrected chi connectivity index (χ0v) is 11.4. The van der Waals surface area contributed by atoms with Crippen LogP contribution in [0.3, 0.4) is 0 Å². The summed E-state index contributed by atoms with van der Waals surface area (Å²) < 4.78 is 10.7. The molecule has 0 aromatic heterocycles. The summed E-state index contributed by atoms with van der Waals surface area (Å²) in [7, 11) is 1.55.